The molecule has 0 spiro atoms. The maximum atomic E-state index is 8.66. The summed E-state index contributed by atoms with van der Waals surface area (Å²) in [6.45, 7) is 3.07. The van der Waals surface area contributed by atoms with E-state index in [1.54, 1.807) is 0 Å². The first-order valence-electron chi connectivity index (χ1n) is 5.31. The monoisotopic (exact) mass is 201 g/mol. The molecule has 1 atom stereocenters. The molecule has 0 saturated carbocycles. The van der Waals surface area contributed by atoms with Crippen molar-refractivity contribution >= 4 is 0 Å². The summed E-state index contributed by atoms with van der Waals surface area (Å²) < 4.78 is 0. The number of nitrogens with zero attached hydrogens (tertiary/aromatic N) is 1. The second-order valence-corrected chi connectivity index (χ2v) is 3.88. The van der Waals surface area contributed by atoms with Gasteiger partial charge in [-0.2, -0.15) is 5.26 Å². The van der Waals surface area contributed by atoms with Crippen molar-refractivity contribution in [3.05, 3.63) is 35.4 Å². The van der Waals surface area contributed by atoms with Crippen LogP contribution in [0.5, 0.6) is 0 Å². The van der Waals surface area contributed by atoms with E-state index in [9.17, 15) is 0 Å². The standard InChI is InChI=1S/C12H15N3/c13-7-10-1-3-11(4-2-10)8-15-12-5-6-14-9-12/h1-4,12,14-15H,5-6,8-9H2/t12-/m0/s1. The van der Waals surface area contributed by atoms with E-state index in [4.69, 9.17) is 5.26 Å². The number of rotatable bonds is 3. The summed E-state index contributed by atoms with van der Waals surface area (Å²) in [6.07, 6.45) is 1.20. The lowest BCUT2D eigenvalue weighted by Gasteiger charge is -2.10. The molecular weight excluding hydrogens is 186 g/mol. The maximum Gasteiger partial charge on any atom is 0.0991 e. The normalized spacial score (nSPS) is 20.1. The molecule has 2 N–H and O–H groups in total. The third-order valence-electron chi connectivity index (χ3n) is 2.74. The molecule has 0 aliphatic carbocycles. The summed E-state index contributed by atoms with van der Waals surface area (Å²) in [6, 6.07) is 10.5. The van der Waals surface area contributed by atoms with Crippen molar-refractivity contribution < 1.29 is 0 Å². The second-order valence-electron chi connectivity index (χ2n) is 3.88. The van der Waals surface area contributed by atoms with E-state index in [1.165, 1.54) is 12.0 Å². The third-order valence-corrected chi connectivity index (χ3v) is 2.74. The van der Waals surface area contributed by atoms with Crippen molar-refractivity contribution in [2.45, 2.75) is 19.0 Å². The Bertz CT molecular complexity index is 344. The molecule has 3 heteroatoms. The first-order chi connectivity index (χ1) is 7.38. The Morgan fingerprint density at radius 1 is 1.40 bits per heavy atom. The highest BCUT2D eigenvalue weighted by atomic mass is 15.0. The van der Waals surface area contributed by atoms with E-state index in [0.29, 0.717) is 6.04 Å². The van der Waals surface area contributed by atoms with Crippen LogP contribution in [0.2, 0.25) is 0 Å². The van der Waals surface area contributed by atoms with Crippen LogP contribution in [0.15, 0.2) is 24.3 Å². The first kappa shape index (κ1) is 10.2. The predicted molar refractivity (Wildman–Crippen MR) is 59.3 cm³/mol. The zero-order valence-corrected chi connectivity index (χ0v) is 8.66. The fourth-order valence-electron chi connectivity index (χ4n) is 1.79. The van der Waals surface area contributed by atoms with Crippen molar-refractivity contribution in [1.82, 2.24) is 10.6 Å². The van der Waals surface area contributed by atoms with Crippen LogP contribution in [0, 0.1) is 11.3 Å². The molecule has 0 unspecified atom stereocenters. The molecule has 0 amide bonds. The summed E-state index contributed by atoms with van der Waals surface area (Å²) in [7, 11) is 0. The van der Waals surface area contributed by atoms with Crippen LogP contribution in [0.3, 0.4) is 0 Å². The van der Waals surface area contributed by atoms with Crippen LogP contribution >= 0.6 is 0 Å². The number of hydrogen-bond donors (Lipinski definition) is 2. The molecule has 0 aromatic heterocycles. The van der Waals surface area contributed by atoms with E-state index >= 15 is 0 Å². The van der Waals surface area contributed by atoms with Crippen LogP contribution < -0.4 is 10.6 Å². The van der Waals surface area contributed by atoms with Crippen LogP contribution in [-0.2, 0) is 6.54 Å². The number of nitrogens with one attached hydrogen (secondary N) is 2. The van der Waals surface area contributed by atoms with Gasteiger partial charge in [-0.3, -0.25) is 0 Å². The van der Waals surface area contributed by atoms with Gasteiger partial charge < -0.3 is 10.6 Å². The SMILES string of the molecule is N#Cc1ccc(CN[C@H]2CCNC2)cc1. The molecule has 1 aliphatic heterocycles. The Morgan fingerprint density at radius 3 is 2.80 bits per heavy atom. The van der Waals surface area contributed by atoms with E-state index in [1.807, 2.05) is 24.3 Å². The molecule has 2 rings (SSSR count). The lowest BCUT2D eigenvalue weighted by molar-refractivity contribution is 0.547. The van der Waals surface area contributed by atoms with Crippen molar-refractivity contribution in [3.63, 3.8) is 0 Å². The zero-order valence-electron chi connectivity index (χ0n) is 8.66. The summed E-state index contributed by atoms with van der Waals surface area (Å²) in [5.74, 6) is 0. The topological polar surface area (TPSA) is 47.9 Å². The highest BCUT2D eigenvalue weighted by molar-refractivity contribution is 5.31. The van der Waals surface area contributed by atoms with Crippen LogP contribution in [-0.4, -0.2) is 19.1 Å². The average molecular weight is 201 g/mol. The molecule has 1 aliphatic rings. The quantitative estimate of drug-likeness (QED) is 0.767. The van der Waals surface area contributed by atoms with Crippen molar-refractivity contribution in [3.8, 4) is 6.07 Å². The van der Waals surface area contributed by atoms with Crippen LogP contribution in [0.25, 0.3) is 0 Å². The highest BCUT2D eigenvalue weighted by Crippen LogP contribution is 2.04. The van der Waals surface area contributed by atoms with Gasteiger partial charge >= 0.3 is 0 Å². The van der Waals surface area contributed by atoms with Crippen LogP contribution in [0.1, 0.15) is 17.5 Å². The number of benzene rings is 1. The molecule has 1 heterocycles. The van der Waals surface area contributed by atoms with Crippen molar-refractivity contribution in [2.24, 2.45) is 0 Å². The summed E-state index contributed by atoms with van der Waals surface area (Å²) in [5.41, 5.74) is 1.96. The summed E-state index contributed by atoms with van der Waals surface area (Å²) >= 11 is 0. The van der Waals surface area contributed by atoms with Crippen LogP contribution in [0.4, 0.5) is 0 Å². The molecule has 1 fully saturated rings. The first-order valence-corrected chi connectivity index (χ1v) is 5.31. The highest BCUT2D eigenvalue weighted by Gasteiger charge is 2.12. The Balaban J connectivity index is 1.85. The largest absolute Gasteiger partial charge is 0.315 e. The Morgan fingerprint density at radius 2 is 2.20 bits per heavy atom. The lowest BCUT2D eigenvalue weighted by atomic mass is 10.1. The molecule has 1 aromatic carbocycles. The van der Waals surface area contributed by atoms with Gasteiger partial charge in [0.25, 0.3) is 0 Å². The fourth-order valence-corrected chi connectivity index (χ4v) is 1.79. The summed E-state index contributed by atoms with van der Waals surface area (Å²) in [4.78, 5) is 0. The van der Waals surface area contributed by atoms with Gasteiger partial charge in [-0.1, -0.05) is 12.1 Å². The second kappa shape index (κ2) is 4.92. The minimum Gasteiger partial charge on any atom is -0.315 e. The molecule has 1 saturated heterocycles. The smallest absolute Gasteiger partial charge is 0.0991 e. The average Bonchev–Trinajstić information content (AvgIpc) is 2.80. The molecule has 15 heavy (non-hydrogen) atoms. The number of nitriles is 1. The Kier molecular flexibility index (Phi) is 3.33. The lowest BCUT2D eigenvalue weighted by Crippen LogP contribution is -2.30. The van der Waals surface area contributed by atoms with E-state index < -0.39 is 0 Å². The van der Waals surface area contributed by atoms with Gasteiger partial charge in [-0.25, -0.2) is 0 Å². The van der Waals surface area contributed by atoms with Gasteiger partial charge in [0.1, 0.15) is 0 Å². The molecule has 78 valence electrons. The van der Waals surface area contributed by atoms with E-state index in [0.717, 1.165) is 25.2 Å². The minimum atomic E-state index is 0.598. The van der Waals surface area contributed by atoms with Gasteiger partial charge in [0.05, 0.1) is 11.6 Å². The minimum absolute atomic E-state index is 0.598. The third kappa shape index (κ3) is 2.79. The number of hydrogen-bond acceptors (Lipinski definition) is 3. The van der Waals surface area contributed by atoms with E-state index in [2.05, 4.69) is 16.7 Å². The van der Waals surface area contributed by atoms with Crippen molar-refractivity contribution in [1.29, 1.82) is 5.26 Å². The van der Waals surface area contributed by atoms with Gasteiger partial charge in [-0.15, -0.1) is 0 Å². The van der Waals surface area contributed by atoms with Crippen molar-refractivity contribution in [2.75, 3.05) is 13.1 Å². The van der Waals surface area contributed by atoms with E-state index in [-0.39, 0.29) is 0 Å². The molecule has 3 nitrogen and oxygen atoms in total. The molecule has 0 radical (unpaired) electrons. The predicted octanol–water partition coefficient (Wildman–Crippen LogP) is 1.01. The molecule has 1 aromatic rings. The van der Waals surface area contributed by atoms with Gasteiger partial charge in [0.15, 0.2) is 0 Å². The Hall–Kier alpha value is -1.37. The fraction of sp³-hybridized carbons (Fsp3) is 0.417. The zero-order chi connectivity index (χ0) is 10.5. The maximum absolute atomic E-state index is 8.66. The molecule has 0 bridgehead atoms. The molecular formula is C12H15N3. The summed E-state index contributed by atoms with van der Waals surface area (Å²) in [5, 5.41) is 15.5. The Labute approximate surface area is 90.1 Å². The van der Waals surface area contributed by atoms with Gasteiger partial charge in [0.2, 0.25) is 0 Å². The van der Waals surface area contributed by atoms with Gasteiger partial charge in [-0.05, 0) is 30.7 Å². The van der Waals surface area contributed by atoms with Gasteiger partial charge in [0, 0.05) is 19.1 Å².